The molecular formula is C15H21ClN2O2. The summed E-state index contributed by atoms with van der Waals surface area (Å²) in [6.45, 7) is 8.93. The molecule has 4 nitrogen and oxygen atoms in total. The average molecular weight is 297 g/mol. The minimum absolute atomic E-state index is 0.164. The van der Waals surface area contributed by atoms with Crippen LogP contribution in [-0.2, 0) is 9.59 Å². The van der Waals surface area contributed by atoms with Gasteiger partial charge >= 0.3 is 0 Å². The highest BCUT2D eigenvalue weighted by molar-refractivity contribution is 6.31. The van der Waals surface area contributed by atoms with Gasteiger partial charge in [0.25, 0.3) is 0 Å². The number of halogens is 1. The molecule has 0 unspecified atom stereocenters. The van der Waals surface area contributed by atoms with E-state index < -0.39 is 11.5 Å². The number of nitrogens with one attached hydrogen (secondary N) is 2. The van der Waals surface area contributed by atoms with Gasteiger partial charge in [-0.3, -0.25) is 9.59 Å². The Hall–Kier alpha value is -1.55. The van der Waals surface area contributed by atoms with Crippen LogP contribution in [0.25, 0.3) is 0 Å². The number of amides is 2. The second-order valence-electron chi connectivity index (χ2n) is 5.89. The molecule has 2 N–H and O–H groups in total. The summed E-state index contributed by atoms with van der Waals surface area (Å²) in [5, 5.41) is 6.01. The van der Waals surface area contributed by atoms with Crippen LogP contribution in [-0.4, -0.2) is 17.9 Å². The first-order chi connectivity index (χ1) is 9.11. The predicted octanol–water partition coefficient (Wildman–Crippen LogP) is 3.14. The van der Waals surface area contributed by atoms with Gasteiger partial charge in [0.1, 0.15) is 6.04 Å². The van der Waals surface area contributed by atoms with E-state index in [-0.39, 0.29) is 11.8 Å². The number of aryl methyl sites for hydroxylation is 1. The minimum atomic E-state index is -0.611. The zero-order chi connectivity index (χ0) is 15.5. The number of carbonyl (C=O) groups is 2. The molecule has 0 aliphatic heterocycles. The standard InChI is InChI=1S/C15H21ClN2O2/c1-9-6-7-11(16)8-12(9)18-13(19)10(2)17-14(20)15(3,4)5/h6-8,10H,1-5H3,(H,17,20)(H,18,19)/t10-/m0/s1. The molecule has 0 saturated heterocycles. The Bertz CT molecular complexity index is 521. The molecule has 0 aliphatic carbocycles. The highest BCUT2D eigenvalue weighted by Crippen LogP contribution is 2.20. The van der Waals surface area contributed by atoms with Gasteiger partial charge in [0.15, 0.2) is 0 Å². The number of carbonyl (C=O) groups excluding carboxylic acids is 2. The number of hydrogen-bond donors (Lipinski definition) is 2. The second-order valence-corrected chi connectivity index (χ2v) is 6.33. The molecule has 0 fully saturated rings. The van der Waals surface area contributed by atoms with E-state index in [1.54, 1.807) is 39.8 Å². The molecule has 1 aromatic carbocycles. The molecule has 2 amide bonds. The van der Waals surface area contributed by atoms with Crippen LogP contribution in [0, 0.1) is 12.3 Å². The van der Waals surface area contributed by atoms with Crippen LogP contribution >= 0.6 is 11.6 Å². The summed E-state index contributed by atoms with van der Waals surface area (Å²) < 4.78 is 0. The summed E-state index contributed by atoms with van der Waals surface area (Å²) in [5.74, 6) is -0.434. The summed E-state index contributed by atoms with van der Waals surface area (Å²) in [6.07, 6.45) is 0. The van der Waals surface area contributed by atoms with Gasteiger partial charge in [-0.05, 0) is 31.5 Å². The van der Waals surface area contributed by atoms with Crippen molar-refractivity contribution in [3.05, 3.63) is 28.8 Å². The molecule has 1 rings (SSSR count). The Morgan fingerprint density at radius 1 is 1.25 bits per heavy atom. The lowest BCUT2D eigenvalue weighted by Gasteiger charge is -2.21. The van der Waals surface area contributed by atoms with Crippen LogP contribution < -0.4 is 10.6 Å². The highest BCUT2D eigenvalue weighted by atomic mass is 35.5. The van der Waals surface area contributed by atoms with E-state index in [1.807, 2.05) is 13.0 Å². The van der Waals surface area contributed by atoms with E-state index in [9.17, 15) is 9.59 Å². The van der Waals surface area contributed by atoms with Gasteiger partial charge in [-0.2, -0.15) is 0 Å². The fourth-order valence-corrected chi connectivity index (χ4v) is 1.62. The molecule has 20 heavy (non-hydrogen) atoms. The molecular weight excluding hydrogens is 276 g/mol. The summed E-state index contributed by atoms with van der Waals surface area (Å²) in [6, 6.07) is 4.67. The first kappa shape index (κ1) is 16.5. The lowest BCUT2D eigenvalue weighted by molar-refractivity contribution is -0.131. The normalized spacial score (nSPS) is 12.7. The van der Waals surface area contributed by atoms with Gasteiger partial charge in [-0.25, -0.2) is 0 Å². The quantitative estimate of drug-likeness (QED) is 0.900. The Labute approximate surface area is 124 Å². The Balaban J connectivity index is 2.71. The van der Waals surface area contributed by atoms with Gasteiger partial charge < -0.3 is 10.6 Å². The number of benzene rings is 1. The van der Waals surface area contributed by atoms with Crippen LogP contribution in [0.4, 0.5) is 5.69 Å². The molecule has 0 bridgehead atoms. The first-order valence-electron chi connectivity index (χ1n) is 6.49. The minimum Gasteiger partial charge on any atom is -0.344 e. The summed E-state index contributed by atoms with van der Waals surface area (Å²) in [4.78, 5) is 23.9. The van der Waals surface area contributed by atoms with Crippen molar-refractivity contribution in [1.82, 2.24) is 5.32 Å². The van der Waals surface area contributed by atoms with Crippen LogP contribution in [0.1, 0.15) is 33.3 Å². The molecule has 1 aromatic rings. The summed E-state index contributed by atoms with van der Waals surface area (Å²) in [5.41, 5.74) is 1.04. The SMILES string of the molecule is Cc1ccc(Cl)cc1NC(=O)[C@H](C)NC(=O)C(C)(C)C. The van der Waals surface area contributed by atoms with Crippen molar-refractivity contribution in [2.75, 3.05) is 5.32 Å². The maximum Gasteiger partial charge on any atom is 0.246 e. The van der Waals surface area contributed by atoms with E-state index >= 15 is 0 Å². The Kier molecular flexibility index (Phi) is 5.17. The first-order valence-corrected chi connectivity index (χ1v) is 6.87. The van der Waals surface area contributed by atoms with Gasteiger partial charge in [0, 0.05) is 16.1 Å². The molecule has 0 spiro atoms. The topological polar surface area (TPSA) is 58.2 Å². The molecule has 5 heteroatoms. The zero-order valence-corrected chi connectivity index (χ0v) is 13.3. The van der Waals surface area contributed by atoms with Gasteiger partial charge in [-0.15, -0.1) is 0 Å². The molecule has 0 radical (unpaired) electrons. The van der Waals surface area contributed by atoms with E-state index in [0.717, 1.165) is 5.56 Å². The summed E-state index contributed by atoms with van der Waals surface area (Å²) >= 11 is 5.90. The molecule has 110 valence electrons. The van der Waals surface area contributed by atoms with E-state index in [4.69, 9.17) is 11.6 Å². The van der Waals surface area contributed by atoms with Gasteiger partial charge in [-0.1, -0.05) is 38.4 Å². The molecule has 0 aromatic heterocycles. The third-order valence-corrected chi connectivity index (χ3v) is 3.11. The Morgan fingerprint density at radius 3 is 2.40 bits per heavy atom. The van der Waals surface area contributed by atoms with Crippen molar-refractivity contribution in [1.29, 1.82) is 0 Å². The maximum atomic E-state index is 12.1. The fraction of sp³-hybridized carbons (Fsp3) is 0.467. The van der Waals surface area contributed by atoms with E-state index in [2.05, 4.69) is 10.6 Å². The highest BCUT2D eigenvalue weighted by Gasteiger charge is 2.25. The van der Waals surface area contributed by atoms with Crippen LogP contribution in [0.3, 0.4) is 0 Å². The van der Waals surface area contributed by atoms with Crippen molar-refractivity contribution in [2.45, 2.75) is 40.7 Å². The van der Waals surface area contributed by atoms with E-state index in [0.29, 0.717) is 10.7 Å². The third kappa shape index (κ3) is 4.53. The molecule has 1 atom stereocenters. The van der Waals surface area contributed by atoms with Crippen molar-refractivity contribution in [2.24, 2.45) is 5.41 Å². The van der Waals surface area contributed by atoms with Crippen molar-refractivity contribution in [3.8, 4) is 0 Å². The molecule has 0 saturated carbocycles. The van der Waals surface area contributed by atoms with Crippen LogP contribution in [0.15, 0.2) is 18.2 Å². The lowest BCUT2D eigenvalue weighted by Crippen LogP contribution is -2.46. The van der Waals surface area contributed by atoms with Gasteiger partial charge in [0.2, 0.25) is 11.8 Å². The largest absolute Gasteiger partial charge is 0.344 e. The second kappa shape index (κ2) is 6.27. The van der Waals surface area contributed by atoms with Crippen molar-refractivity contribution >= 4 is 29.1 Å². The van der Waals surface area contributed by atoms with Gasteiger partial charge in [0.05, 0.1) is 0 Å². The van der Waals surface area contributed by atoms with Crippen molar-refractivity contribution < 1.29 is 9.59 Å². The average Bonchev–Trinajstić information content (AvgIpc) is 2.32. The molecule has 0 heterocycles. The monoisotopic (exact) mass is 296 g/mol. The maximum absolute atomic E-state index is 12.1. The lowest BCUT2D eigenvalue weighted by atomic mass is 9.95. The van der Waals surface area contributed by atoms with Crippen molar-refractivity contribution in [3.63, 3.8) is 0 Å². The number of rotatable bonds is 3. The Morgan fingerprint density at radius 2 is 1.85 bits per heavy atom. The summed E-state index contributed by atoms with van der Waals surface area (Å²) in [7, 11) is 0. The van der Waals surface area contributed by atoms with Crippen LogP contribution in [0.5, 0.6) is 0 Å². The predicted molar refractivity (Wildman–Crippen MR) is 81.9 cm³/mol. The fourth-order valence-electron chi connectivity index (χ4n) is 1.45. The van der Waals surface area contributed by atoms with Crippen LogP contribution in [0.2, 0.25) is 5.02 Å². The van der Waals surface area contributed by atoms with E-state index in [1.165, 1.54) is 0 Å². The number of hydrogen-bond acceptors (Lipinski definition) is 2. The third-order valence-electron chi connectivity index (χ3n) is 2.88. The number of anilines is 1. The zero-order valence-electron chi connectivity index (χ0n) is 12.5. The smallest absolute Gasteiger partial charge is 0.246 e. The molecule has 0 aliphatic rings.